The SMILES string of the molecule is Cc1cc(NCCCNC(=O)C2CCC2)ncc1Br. The number of carbonyl (C=O) groups excluding carboxylic acids is 1. The number of hydrogen-bond acceptors (Lipinski definition) is 3. The van der Waals surface area contributed by atoms with Gasteiger partial charge in [0, 0.05) is 29.7 Å². The summed E-state index contributed by atoms with van der Waals surface area (Å²) in [6, 6.07) is 2.01. The lowest BCUT2D eigenvalue weighted by atomic mass is 9.85. The van der Waals surface area contributed by atoms with Crippen molar-refractivity contribution < 1.29 is 4.79 Å². The smallest absolute Gasteiger partial charge is 0.223 e. The zero-order chi connectivity index (χ0) is 13.7. The minimum absolute atomic E-state index is 0.226. The molecule has 104 valence electrons. The van der Waals surface area contributed by atoms with Gasteiger partial charge in [-0.15, -0.1) is 0 Å². The molecule has 4 nitrogen and oxygen atoms in total. The van der Waals surface area contributed by atoms with E-state index in [2.05, 4.69) is 31.5 Å². The summed E-state index contributed by atoms with van der Waals surface area (Å²) >= 11 is 3.43. The van der Waals surface area contributed by atoms with Crippen molar-refractivity contribution in [2.75, 3.05) is 18.4 Å². The number of hydrogen-bond donors (Lipinski definition) is 2. The molecule has 0 spiro atoms. The van der Waals surface area contributed by atoms with Crippen LogP contribution in [0.25, 0.3) is 0 Å². The molecule has 1 aliphatic rings. The molecule has 0 aromatic carbocycles. The van der Waals surface area contributed by atoms with Gasteiger partial charge in [0.2, 0.25) is 5.91 Å². The second-order valence-corrected chi connectivity index (χ2v) is 5.87. The van der Waals surface area contributed by atoms with E-state index >= 15 is 0 Å². The van der Waals surface area contributed by atoms with E-state index in [-0.39, 0.29) is 11.8 Å². The summed E-state index contributed by atoms with van der Waals surface area (Å²) in [7, 11) is 0. The molecule has 1 aromatic heterocycles. The van der Waals surface area contributed by atoms with E-state index in [1.54, 1.807) is 6.20 Å². The third kappa shape index (κ3) is 4.20. The van der Waals surface area contributed by atoms with E-state index in [9.17, 15) is 4.79 Å². The Morgan fingerprint density at radius 2 is 2.26 bits per heavy atom. The Hall–Kier alpha value is -1.10. The molecule has 1 amide bonds. The molecule has 0 aliphatic heterocycles. The number of carbonyl (C=O) groups is 1. The summed E-state index contributed by atoms with van der Waals surface area (Å²) in [4.78, 5) is 15.9. The summed E-state index contributed by atoms with van der Waals surface area (Å²) in [6.45, 7) is 3.59. The maximum absolute atomic E-state index is 11.6. The number of pyridine rings is 1. The average Bonchev–Trinajstić information content (AvgIpc) is 2.31. The molecule has 1 aromatic rings. The van der Waals surface area contributed by atoms with Crippen molar-refractivity contribution in [3.05, 3.63) is 22.3 Å². The van der Waals surface area contributed by atoms with Crippen LogP contribution in [0.15, 0.2) is 16.7 Å². The van der Waals surface area contributed by atoms with E-state index < -0.39 is 0 Å². The second-order valence-electron chi connectivity index (χ2n) is 5.02. The van der Waals surface area contributed by atoms with Gasteiger partial charge < -0.3 is 10.6 Å². The van der Waals surface area contributed by atoms with Gasteiger partial charge in [-0.25, -0.2) is 4.98 Å². The molecule has 1 heterocycles. The van der Waals surface area contributed by atoms with Crippen LogP contribution < -0.4 is 10.6 Å². The first-order valence-electron chi connectivity index (χ1n) is 6.80. The number of aromatic nitrogens is 1. The largest absolute Gasteiger partial charge is 0.370 e. The van der Waals surface area contributed by atoms with Crippen molar-refractivity contribution >= 4 is 27.7 Å². The van der Waals surface area contributed by atoms with Crippen LogP contribution in [0.1, 0.15) is 31.2 Å². The normalized spacial score (nSPS) is 14.8. The van der Waals surface area contributed by atoms with Crippen molar-refractivity contribution in [2.24, 2.45) is 5.92 Å². The average molecular weight is 326 g/mol. The fraction of sp³-hybridized carbons (Fsp3) is 0.571. The lowest BCUT2D eigenvalue weighted by molar-refractivity contribution is -0.127. The van der Waals surface area contributed by atoms with Crippen LogP contribution in [0, 0.1) is 12.8 Å². The Morgan fingerprint density at radius 3 is 2.89 bits per heavy atom. The second kappa shape index (κ2) is 6.89. The summed E-state index contributed by atoms with van der Waals surface area (Å²) in [5.74, 6) is 1.39. The highest BCUT2D eigenvalue weighted by Crippen LogP contribution is 2.26. The molecule has 1 aliphatic carbocycles. The molecule has 0 saturated heterocycles. The van der Waals surface area contributed by atoms with Crippen LogP contribution in [-0.2, 0) is 4.79 Å². The van der Waals surface area contributed by atoms with Crippen LogP contribution in [0.3, 0.4) is 0 Å². The van der Waals surface area contributed by atoms with Gasteiger partial charge in [-0.1, -0.05) is 6.42 Å². The zero-order valence-corrected chi connectivity index (χ0v) is 12.8. The van der Waals surface area contributed by atoms with E-state index in [0.29, 0.717) is 0 Å². The standard InChI is InChI=1S/C14H20BrN3O/c1-10-8-13(18-9-12(10)15)16-6-3-7-17-14(19)11-4-2-5-11/h8-9,11H,2-7H2,1H3,(H,16,18)(H,17,19). The van der Waals surface area contributed by atoms with Crippen LogP contribution in [0.5, 0.6) is 0 Å². The van der Waals surface area contributed by atoms with E-state index in [0.717, 1.165) is 48.2 Å². The molecule has 2 rings (SSSR count). The van der Waals surface area contributed by atoms with Gasteiger partial charge in [0.1, 0.15) is 5.82 Å². The van der Waals surface area contributed by atoms with E-state index in [1.165, 1.54) is 6.42 Å². The van der Waals surface area contributed by atoms with Gasteiger partial charge in [-0.2, -0.15) is 0 Å². The van der Waals surface area contributed by atoms with Crippen LogP contribution in [0.4, 0.5) is 5.82 Å². The first-order valence-corrected chi connectivity index (χ1v) is 7.60. The van der Waals surface area contributed by atoms with Crippen molar-refractivity contribution in [3.8, 4) is 0 Å². The van der Waals surface area contributed by atoms with Crippen LogP contribution >= 0.6 is 15.9 Å². The minimum Gasteiger partial charge on any atom is -0.370 e. The number of halogens is 1. The number of nitrogens with zero attached hydrogens (tertiary/aromatic N) is 1. The third-order valence-electron chi connectivity index (χ3n) is 3.48. The van der Waals surface area contributed by atoms with Crippen LogP contribution in [-0.4, -0.2) is 24.0 Å². The molecular weight excluding hydrogens is 306 g/mol. The highest BCUT2D eigenvalue weighted by atomic mass is 79.9. The summed E-state index contributed by atoms with van der Waals surface area (Å²) in [5, 5.41) is 6.24. The predicted molar refractivity (Wildman–Crippen MR) is 80.1 cm³/mol. The van der Waals surface area contributed by atoms with Gasteiger partial charge in [-0.3, -0.25) is 4.79 Å². The molecule has 0 unspecified atom stereocenters. The quantitative estimate of drug-likeness (QED) is 0.791. The molecule has 0 radical (unpaired) electrons. The van der Waals surface area contributed by atoms with Crippen molar-refractivity contribution in [1.82, 2.24) is 10.3 Å². The topological polar surface area (TPSA) is 54.0 Å². The lowest BCUT2D eigenvalue weighted by Crippen LogP contribution is -2.35. The molecule has 19 heavy (non-hydrogen) atoms. The van der Waals surface area contributed by atoms with E-state index in [1.807, 2.05) is 13.0 Å². The van der Waals surface area contributed by atoms with Gasteiger partial charge in [0.15, 0.2) is 0 Å². The minimum atomic E-state index is 0.226. The molecule has 1 fully saturated rings. The number of anilines is 1. The Morgan fingerprint density at radius 1 is 1.47 bits per heavy atom. The Labute approximate surface area is 122 Å². The third-order valence-corrected chi connectivity index (χ3v) is 4.31. The fourth-order valence-corrected chi connectivity index (χ4v) is 2.18. The zero-order valence-electron chi connectivity index (χ0n) is 11.2. The maximum atomic E-state index is 11.6. The number of rotatable bonds is 6. The highest BCUT2D eigenvalue weighted by Gasteiger charge is 2.24. The van der Waals surface area contributed by atoms with Gasteiger partial charge >= 0.3 is 0 Å². The fourth-order valence-electron chi connectivity index (χ4n) is 1.97. The van der Waals surface area contributed by atoms with Crippen LogP contribution in [0.2, 0.25) is 0 Å². The Balaban J connectivity index is 1.61. The molecular formula is C14H20BrN3O. The molecule has 0 bridgehead atoms. The molecule has 0 atom stereocenters. The summed E-state index contributed by atoms with van der Waals surface area (Å²) in [5.41, 5.74) is 1.16. The lowest BCUT2D eigenvalue weighted by Gasteiger charge is -2.24. The first kappa shape index (κ1) is 14.3. The Kier molecular flexibility index (Phi) is 5.19. The van der Waals surface area contributed by atoms with Crippen molar-refractivity contribution in [3.63, 3.8) is 0 Å². The molecule has 2 N–H and O–H groups in total. The Bertz CT molecular complexity index is 446. The first-order chi connectivity index (χ1) is 9.16. The number of nitrogens with one attached hydrogen (secondary N) is 2. The predicted octanol–water partition coefficient (Wildman–Crippen LogP) is 2.87. The summed E-state index contributed by atoms with van der Waals surface area (Å²) in [6.07, 6.45) is 6.04. The number of amides is 1. The van der Waals surface area contributed by atoms with Crippen molar-refractivity contribution in [1.29, 1.82) is 0 Å². The van der Waals surface area contributed by atoms with Crippen molar-refractivity contribution in [2.45, 2.75) is 32.6 Å². The molecule has 1 saturated carbocycles. The van der Waals surface area contributed by atoms with E-state index in [4.69, 9.17) is 0 Å². The monoisotopic (exact) mass is 325 g/mol. The van der Waals surface area contributed by atoms with Gasteiger partial charge in [-0.05, 0) is 53.7 Å². The van der Waals surface area contributed by atoms with Gasteiger partial charge in [0.25, 0.3) is 0 Å². The summed E-state index contributed by atoms with van der Waals surface area (Å²) < 4.78 is 1.02. The van der Waals surface area contributed by atoms with Gasteiger partial charge in [0.05, 0.1) is 0 Å². The number of aryl methyl sites for hydroxylation is 1. The maximum Gasteiger partial charge on any atom is 0.223 e. The highest BCUT2D eigenvalue weighted by molar-refractivity contribution is 9.10. The molecule has 5 heteroatoms.